The van der Waals surface area contributed by atoms with Crippen LogP contribution in [0.4, 0.5) is 0 Å². The Hall–Kier alpha value is -2.59. The predicted molar refractivity (Wildman–Crippen MR) is 140 cm³/mol. The molecule has 0 amide bonds. The third kappa shape index (κ3) is 4.78. The molecule has 4 aliphatic rings. The molecule has 186 valence electrons. The van der Waals surface area contributed by atoms with Gasteiger partial charge in [-0.05, 0) is 110 Å². The quantitative estimate of drug-likeness (QED) is 0.341. The lowest BCUT2D eigenvalue weighted by Crippen LogP contribution is -2.48. The van der Waals surface area contributed by atoms with Crippen LogP contribution in [0.5, 0.6) is 5.75 Å². The Bertz CT molecular complexity index is 1050. The van der Waals surface area contributed by atoms with Gasteiger partial charge in [0.2, 0.25) is 0 Å². The summed E-state index contributed by atoms with van der Waals surface area (Å²) in [5.74, 6) is 2.60. The van der Waals surface area contributed by atoms with Crippen LogP contribution in [0.25, 0.3) is 17.2 Å². The monoisotopic (exact) mass is 474 g/mol. The van der Waals surface area contributed by atoms with Gasteiger partial charge in [-0.15, -0.1) is 0 Å². The normalized spacial score (nSPS) is 26.6. The number of aromatic carboxylic acids is 1. The van der Waals surface area contributed by atoms with E-state index in [1.807, 2.05) is 6.07 Å². The third-order valence-electron chi connectivity index (χ3n) is 8.75. The molecule has 35 heavy (non-hydrogen) atoms. The third-order valence-corrected chi connectivity index (χ3v) is 8.75. The molecule has 0 spiro atoms. The highest BCUT2D eigenvalue weighted by Gasteiger charge is 2.52. The van der Waals surface area contributed by atoms with Crippen molar-refractivity contribution in [3.8, 4) is 16.9 Å². The lowest BCUT2D eigenvalue weighted by molar-refractivity contribution is -0.00639. The molecule has 0 radical (unpaired) electrons. The first-order valence-electron chi connectivity index (χ1n) is 13.4. The molecule has 0 atom stereocenters. The summed E-state index contributed by atoms with van der Waals surface area (Å²) in [4.78, 5) is 11.8. The van der Waals surface area contributed by atoms with Crippen molar-refractivity contribution in [3.63, 3.8) is 0 Å². The summed E-state index contributed by atoms with van der Waals surface area (Å²) >= 11 is 0. The van der Waals surface area contributed by atoms with Crippen molar-refractivity contribution in [2.75, 3.05) is 13.2 Å². The smallest absolute Gasteiger partial charge is 0.336 e. The topological polar surface area (TPSA) is 66.8 Å². The van der Waals surface area contributed by atoms with Gasteiger partial charge in [-0.2, -0.15) is 0 Å². The lowest BCUT2D eigenvalue weighted by Gasteiger charge is -2.57. The van der Waals surface area contributed by atoms with Crippen LogP contribution in [0.3, 0.4) is 0 Å². The molecule has 4 fully saturated rings. The van der Waals surface area contributed by atoms with Gasteiger partial charge in [-0.3, -0.25) is 0 Å². The number of hydrogen-bond acceptors (Lipinski definition) is 3. The molecule has 0 aromatic heterocycles. The van der Waals surface area contributed by atoms with Gasteiger partial charge in [-0.1, -0.05) is 43.3 Å². The zero-order valence-corrected chi connectivity index (χ0v) is 20.7. The molecule has 4 aliphatic carbocycles. The zero-order valence-electron chi connectivity index (χ0n) is 20.7. The minimum atomic E-state index is -0.939. The first-order chi connectivity index (χ1) is 17.0. The molecule has 0 aliphatic heterocycles. The average molecular weight is 475 g/mol. The van der Waals surface area contributed by atoms with Gasteiger partial charge >= 0.3 is 5.97 Å². The van der Waals surface area contributed by atoms with E-state index in [0.29, 0.717) is 12.2 Å². The maximum atomic E-state index is 11.8. The van der Waals surface area contributed by atoms with E-state index in [-0.39, 0.29) is 17.6 Å². The Morgan fingerprint density at radius 2 is 1.69 bits per heavy atom. The minimum Gasteiger partial charge on any atom is -0.493 e. The number of unbranched alkanes of at least 4 members (excludes halogenated alkanes) is 3. The lowest BCUT2D eigenvalue weighted by atomic mass is 9.48. The second kappa shape index (κ2) is 10.2. The molecule has 6 rings (SSSR count). The number of benzene rings is 2. The number of hydrogen-bond donors (Lipinski definition) is 2. The fourth-order valence-corrected chi connectivity index (χ4v) is 7.66. The van der Waals surface area contributed by atoms with Crippen LogP contribution in [0.1, 0.15) is 85.7 Å². The van der Waals surface area contributed by atoms with E-state index in [1.165, 1.54) is 44.1 Å². The van der Waals surface area contributed by atoms with Crippen molar-refractivity contribution < 1.29 is 19.7 Å². The molecule has 4 nitrogen and oxygen atoms in total. The molecule has 4 heteroatoms. The van der Waals surface area contributed by atoms with Crippen LogP contribution in [0.2, 0.25) is 0 Å². The van der Waals surface area contributed by atoms with Crippen LogP contribution in [0.15, 0.2) is 43.0 Å². The standard InChI is InChI=1S/C31H38O4/c1-2-25-26(8-7-9-27(25)30(33)34)24-10-11-28(29(17-24)35-13-6-4-3-5-12-32)31-18-21-14-22(19-31)16-23(15-21)20-31/h2,7-11,17,21-23,32H,1,3-6,12-16,18-20H2,(H,33,34). The molecular formula is C31H38O4. The molecular weight excluding hydrogens is 436 g/mol. The van der Waals surface area contributed by atoms with Crippen molar-refractivity contribution in [1.82, 2.24) is 0 Å². The van der Waals surface area contributed by atoms with E-state index in [0.717, 1.165) is 60.3 Å². The fraction of sp³-hybridized carbons (Fsp3) is 0.516. The first kappa shape index (κ1) is 24.1. The van der Waals surface area contributed by atoms with Gasteiger partial charge in [-0.25, -0.2) is 4.79 Å². The van der Waals surface area contributed by atoms with Crippen LogP contribution < -0.4 is 4.74 Å². The summed E-state index contributed by atoms with van der Waals surface area (Å²) in [7, 11) is 0. The Morgan fingerprint density at radius 3 is 2.31 bits per heavy atom. The van der Waals surface area contributed by atoms with Crippen LogP contribution >= 0.6 is 0 Å². The van der Waals surface area contributed by atoms with E-state index < -0.39 is 5.97 Å². The number of ether oxygens (including phenoxy) is 1. The highest BCUT2D eigenvalue weighted by atomic mass is 16.5. The van der Waals surface area contributed by atoms with E-state index in [4.69, 9.17) is 9.84 Å². The van der Waals surface area contributed by atoms with Crippen molar-refractivity contribution in [2.45, 2.75) is 69.6 Å². The average Bonchev–Trinajstić information content (AvgIpc) is 2.84. The van der Waals surface area contributed by atoms with Gasteiger partial charge in [0.25, 0.3) is 0 Å². The van der Waals surface area contributed by atoms with Crippen molar-refractivity contribution >= 4 is 12.0 Å². The number of carbonyl (C=O) groups is 1. The Morgan fingerprint density at radius 1 is 1.00 bits per heavy atom. The summed E-state index contributed by atoms with van der Waals surface area (Å²) in [5, 5.41) is 18.7. The van der Waals surface area contributed by atoms with Gasteiger partial charge in [0, 0.05) is 12.2 Å². The number of carboxylic acids is 1. The zero-order chi connectivity index (χ0) is 24.4. The maximum absolute atomic E-state index is 11.8. The molecule has 2 aromatic rings. The van der Waals surface area contributed by atoms with Gasteiger partial charge in [0.15, 0.2) is 0 Å². The Labute approximate surface area is 209 Å². The number of aliphatic hydroxyl groups is 1. The predicted octanol–water partition coefficient (Wildman–Crippen LogP) is 7.09. The highest BCUT2D eigenvalue weighted by Crippen LogP contribution is 2.62. The van der Waals surface area contributed by atoms with Crippen molar-refractivity contribution in [2.24, 2.45) is 17.8 Å². The fourth-order valence-electron chi connectivity index (χ4n) is 7.66. The van der Waals surface area contributed by atoms with Crippen molar-refractivity contribution in [1.29, 1.82) is 0 Å². The number of carboxylic acid groups (broad SMARTS) is 1. The first-order valence-corrected chi connectivity index (χ1v) is 13.4. The van der Waals surface area contributed by atoms with E-state index in [2.05, 4.69) is 24.8 Å². The van der Waals surface area contributed by atoms with Gasteiger partial charge in [0.1, 0.15) is 5.75 Å². The molecule has 0 saturated heterocycles. The maximum Gasteiger partial charge on any atom is 0.336 e. The highest BCUT2D eigenvalue weighted by molar-refractivity contribution is 5.96. The number of rotatable bonds is 11. The molecule has 2 N–H and O–H groups in total. The summed E-state index contributed by atoms with van der Waals surface area (Å²) in [6, 6.07) is 12.0. The number of aliphatic hydroxyl groups excluding tert-OH is 1. The van der Waals surface area contributed by atoms with E-state index >= 15 is 0 Å². The summed E-state index contributed by atoms with van der Waals surface area (Å²) in [6.07, 6.45) is 13.6. The Kier molecular flexibility index (Phi) is 7.02. The molecule has 2 aromatic carbocycles. The summed E-state index contributed by atoms with van der Waals surface area (Å²) < 4.78 is 6.52. The van der Waals surface area contributed by atoms with Crippen LogP contribution in [0, 0.1) is 17.8 Å². The molecule has 0 unspecified atom stereocenters. The molecule has 0 heterocycles. The van der Waals surface area contributed by atoms with Gasteiger partial charge in [0.05, 0.1) is 12.2 Å². The second-order valence-electron chi connectivity index (χ2n) is 11.2. The van der Waals surface area contributed by atoms with E-state index in [9.17, 15) is 9.90 Å². The van der Waals surface area contributed by atoms with Crippen molar-refractivity contribution in [3.05, 3.63) is 59.7 Å². The summed E-state index contributed by atoms with van der Waals surface area (Å²) in [6.45, 7) is 4.81. The SMILES string of the molecule is C=Cc1c(C(=O)O)cccc1-c1ccc(C23CC4CC(CC(C4)C2)C3)c(OCCCCCCO)c1. The summed E-state index contributed by atoms with van der Waals surface area (Å²) in [5.41, 5.74) is 4.37. The largest absolute Gasteiger partial charge is 0.493 e. The van der Waals surface area contributed by atoms with E-state index in [1.54, 1.807) is 18.2 Å². The van der Waals surface area contributed by atoms with Crippen LogP contribution in [-0.2, 0) is 5.41 Å². The molecule has 4 saturated carbocycles. The molecule has 4 bridgehead atoms. The Balaban J connectivity index is 1.49. The van der Waals surface area contributed by atoms with Crippen LogP contribution in [-0.4, -0.2) is 29.4 Å². The minimum absolute atomic E-state index is 0.226. The second-order valence-corrected chi connectivity index (χ2v) is 11.2. The van der Waals surface area contributed by atoms with Gasteiger partial charge < -0.3 is 14.9 Å².